The van der Waals surface area contributed by atoms with Gasteiger partial charge in [-0.05, 0) is 32.5 Å². The number of rotatable bonds is 7. The standard InChI is InChI=1S/C18H27N3O2/c1-4-14(2)20(3)11-10-19-18(23)15-12-17(22)21(13-15)16-8-6-5-7-9-16/h5-9,14-15H,4,10-13H2,1-3H3,(H,19,23). The third-order valence-electron chi connectivity index (χ3n) is 4.67. The van der Waals surface area contributed by atoms with E-state index in [2.05, 4.69) is 31.1 Å². The monoisotopic (exact) mass is 317 g/mol. The Morgan fingerprint density at radius 1 is 1.39 bits per heavy atom. The smallest absolute Gasteiger partial charge is 0.227 e. The average molecular weight is 317 g/mol. The van der Waals surface area contributed by atoms with E-state index in [1.54, 1.807) is 4.90 Å². The molecule has 2 rings (SSSR count). The van der Waals surface area contributed by atoms with Gasteiger partial charge in [0.1, 0.15) is 0 Å². The number of nitrogens with one attached hydrogen (secondary N) is 1. The Hall–Kier alpha value is -1.88. The first-order chi connectivity index (χ1) is 11.0. The molecule has 5 heteroatoms. The van der Waals surface area contributed by atoms with Gasteiger partial charge in [0, 0.05) is 37.8 Å². The highest BCUT2D eigenvalue weighted by atomic mass is 16.2. The highest BCUT2D eigenvalue weighted by Crippen LogP contribution is 2.24. The van der Waals surface area contributed by atoms with Crippen LogP contribution in [0, 0.1) is 5.92 Å². The number of carbonyl (C=O) groups is 2. The Morgan fingerprint density at radius 3 is 2.74 bits per heavy atom. The van der Waals surface area contributed by atoms with Gasteiger partial charge in [0.15, 0.2) is 0 Å². The molecule has 1 aromatic carbocycles. The Balaban J connectivity index is 1.81. The van der Waals surface area contributed by atoms with Gasteiger partial charge in [-0.2, -0.15) is 0 Å². The molecule has 1 N–H and O–H groups in total. The van der Waals surface area contributed by atoms with Gasteiger partial charge in [0.2, 0.25) is 11.8 Å². The lowest BCUT2D eigenvalue weighted by atomic mass is 10.1. The number of likely N-dealkylation sites (N-methyl/N-ethyl adjacent to an activating group) is 1. The lowest BCUT2D eigenvalue weighted by Crippen LogP contribution is -2.39. The van der Waals surface area contributed by atoms with E-state index in [1.165, 1.54) is 0 Å². The number of hydrogen-bond donors (Lipinski definition) is 1. The molecule has 126 valence electrons. The van der Waals surface area contributed by atoms with Crippen LogP contribution in [0.25, 0.3) is 0 Å². The molecule has 1 saturated heterocycles. The number of anilines is 1. The summed E-state index contributed by atoms with van der Waals surface area (Å²) >= 11 is 0. The predicted octanol–water partition coefficient (Wildman–Crippen LogP) is 1.89. The molecule has 23 heavy (non-hydrogen) atoms. The summed E-state index contributed by atoms with van der Waals surface area (Å²) in [5.74, 6) is -0.251. The van der Waals surface area contributed by atoms with Gasteiger partial charge in [-0.25, -0.2) is 0 Å². The number of carbonyl (C=O) groups excluding carboxylic acids is 2. The summed E-state index contributed by atoms with van der Waals surface area (Å²) in [5.41, 5.74) is 0.865. The van der Waals surface area contributed by atoms with Crippen molar-refractivity contribution < 1.29 is 9.59 Å². The van der Waals surface area contributed by atoms with E-state index >= 15 is 0 Å². The lowest BCUT2D eigenvalue weighted by molar-refractivity contribution is -0.126. The van der Waals surface area contributed by atoms with Crippen molar-refractivity contribution in [2.24, 2.45) is 5.92 Å². The lowest BCUT2D eigenvalue weighted by Gasteiger charge is -2.23. The number of hydrogen-bond acceptors (Lipinski definition) is 3. The minimum atomic E-state index is -0.253. The number of para-hydroxylation sites is 1. The van der Waals surface area contributed by atoms with Gasteiger partial charge in [-0.3, -0.25) is 9.59 Å². The van der Waals surface area contributed by atoms with Gasteiger partial charge < -0.3 is 15.1 Å². The van der Waals surface area contributed by atoms with Gasteiger partial charge in [0.25, 0.3) is 0 Å². The molecule has 2 amide bonds. The molecule has 0 spiro atoms. The molecule has 1 aliphatic heterocycles. The largest absolute Gasteiger partial charge is 0.355 e. The molecule has 1 heterocycles. The van der Waals surface area contributed by atoms with E-state index in [9.17, 15) is 9.59 Å². The van der Waals surface area contributed by atoms with Crippen molar-refractivity contribution in [1.29, 1.82) is 0 Å². The first-order valence-electron chi connectivity index (χ1n) is 8.36. The van der Waals surface area contributed by atoms with E-state index in [-0.39, 0.29) is 17.7 Å². The van der Waals surface area contributed by atoms with Crippen LogP contribution in [0.2, 0.25) is 0 Å². The molecule has 5 nitrogen and oxygen atoms in total. The van der Waals surface area contributed by atoms with E-state index in [1.807, 2.05) is 30.3 Å². The maximum Gasteiger partial charge on any atom is 0.227 e. The first kappa shape index (κ1) is 17.5. The molecule has 0 radical (unpaired) electrons. The van der Waals surface area contributed by atoms with Crippen molar-refractivity contribution in [3.05, 3.63) is 30.3 Å². The van der Waals surface area contributed by atoms with Gasteiger partial charge in [-0.1, -0.05) is 25.1 Å². The molecule has 2 atom stereocenters. The van der Waals surface area contributed by atoms with Crippen LogP contribution in [0.1, 0.15) is 26.7 Å². The summed E-state index contributed by atoms with van der Waals surface area (Å²) in [4.78, 5) is 28.4. The quantitative estimate of drug-likeness (QED) is 0.835. The zero-order valence-electron chi connectivity index (χ0n) is 14.3. The van der Waals surface area contributed by atoms with Gasteiger partial charge >= 0.3 is 0 Å². The van der Waals surface area contributed by atoms with Crippen LogP contribution in [0.5, 0.6) is 0 Å². The molecular formula is C18H27N3O2. The minimum absolute atomic E-state index is 0.0191. The van der Waals surface area contributed by atoms with Crippen molar-refractivity contribution in [3.8, 4) is 0 Å². The van der Waals surface area contributed by atoms with Gasteiger partial charge in [0.05, 0.1) is 5.92 Å². The molecule has 1 aromatic rings. The van der Waals surface area contributed by atoms with Crippen LogP contribution in [-0.4, -0.2) is 49.4 Å². The van der Waals surface area contributed by atoms with E-state index in [4.69, 9.17) is 0 Å². The summed E-state index contributed by atoms with van der Waals surface area (Å²) in [6, 6.07) is 10.0. The molecular weight excluding hydrogens is 290 g/mol. The zero-order valence-corrected chi connectivity index (χ0v) is 14.3. The molecule has 2 unspecified atom stereocenters. The highest BCUT2D eigenvalue weighted by Gasteiger charge is 2.34. The third-order valence-corrected chi connectivity index (χ3v) is 4.67. The first-order valence-corrected chi connectivity index (χ1v) is 8.36. The predicted molar refractivity (Wildman–Crippen MR) is 92.3 cm³/mol. The van der Waals surface area contributed by atoms with Crippen molar-refractivity contribution in [3.63, 3.8) is 0 Å². The Bertz CT molecular complexity index is 532. The fourth-order valence-corrected chi connectivity index (χ4v) is 2.77. The second-order valence-corrected chi connectivity index (χ2v) is 6.27. The molecule has 0 aromatic heterocycles. The molecule has 1 fully saturated rings. The Kier molecular flexibility index (Phi) is 6.16. The van der Waals surface area contributed by atoms with Crippen LogP contribution < -0.4 is 10.2 Å². The second kappa shape index (κ2) is 8.11. The topological polar surface area (TPSA) is 52.7 Å². The highest BCUT2D eigenvalue weighted by molar-refractivity contribution is 6.00. The Labute approximate surface area is 138 Å². The number of amides is 2. The fourth-order valence-electron chi connectivity index (χ4n) is 2.77. The summed E-state index contributed by atoms with van der Waals surface area (Å²) in [7, 11) is 2.07. The van der Waals surface area contributed by atoms with Crippen molar-refractivity contribution >= 4 is 17.5 Å². The molecule has 1 aliphatic rings. The molecule has 0 bridgehead atoms. The summed E-state index contributed by atoms with van der Waals surface area (Å²) < 4.78 is 0. The van der Waals surface area contributed by atoms with Crippen LogP contribution in [0.15, 0.2) is 30.3 Å². The summed E-state index contributed by atoms with van der Waals surface area (Å²) in [6.45, 7) is 6.24. The van der Waals surface area contributed by atoms with Crippen LogP contribution >= 0.6 is 0 Å². The molecule has 0 aliphatic carbocycles. The van der Waals surface area contributed by atoms with Crippen molar-refractivity contribution in [2.45, 2.75) is 32.7 Å². The van der Waals surface area contributed by atoms with Crippen molar-refractivity contribution in [1.82, 2.24) is 10.2 Å². The number of nitrogens with zero attached hydrogens (tertiary/aromatic N) is 2. The molecule has 0 saturated carbocycles. The maximum atomic E-state index is 12.3. The van der Waals surface area contributed by atoms with Crippen LogP contribution in [-0.2, 0) is 9.59 Å². The second-order valence-electron chi connectivity index (χ2n) is 6.27. The van der Waals surface area contributed by atoms with E-state index in [0.717, 1.165) is 18.7 Å². The third kappa shape index (κ3) is 4.55. The fraction of sp³-hybridized carbons (Fsp3) is 0.556. The normalized spacial score (nSPS) is 19.2. The average Bonchev–Trinajstić information content (AvgIpc) is 2.96. The zero-order chi connectivity index (χ0) is 16.8. The van der Waals surface area contributed by atoms with Crippen molar-refractivity contribution in [2.75, 3.05) is 31.6 Å². The Morgan fingerprint density at radius 2 is 2.09 bits per heavy atom. The van der Waals surface area contributed by atoms with Crippen LogP contribution in [0.3, 0.4) is 0 Å². The van der Waals surface area contributed by atoms with E-state index < -0.39 is 0 Å². The van der Waals surface area contributed by atoms with Crippen LogP contribution in [0.4, 0.5) is 5.69 Å². The number of benzene rings is 1. The summed E-state index contributed by atoms with van der Waals surface area (Å²) in [5, 5.41) is 2.97. The minimum Gasteiger partial charge on any atom is -0.355 e. The SMILES string of the molecule is CCC(C)N(C)CCNC(=O)C1CC(=O)N(c2ccccc2)C1. The summed E-state index contributed by atoms with van der Waals surface area (Å²) in [6.07, 6.45) is 1.38. The van der Waals surface area contributed by atoms with Gasteiger partial charge in [-0.15, -0.1) is 0 Å². The maximum absolute atomic E-state index is 12.3. The van der Waals surface area contributed by atoms with E-state index in [0.29, 0.717) is 25.6 Å².